The zero-order valence-corrected chi connectivity index (χ0v) is 11.8. The Balaban J connectivity index is 2.53. The minimum atomic E-state index is -3.77. The third-order valence-corrected chi connectivity index (χ3v) is 5.05. The number of aryl methyl sites for hydroxylation is 2. The predicted molar refractivity (Wildman–Crippen MR) is 66.3 cm³/mol. The first-order chi connectivity index (χ1) is 8.78. The van der Waals surface area contributed by atoms with Crippen LogP contribution in [0.15, 0.2) is 9.31 Å². The van der Waals surface area contributed by atoms with Gasteiger partial charge in [0, 0.05) is 19.1 Å². The van der Waals surface area contributed by atoms with Crippen molar-refractivity contribution in [3.63, 3.8) is 0 Å². The van der Waals surface area contributed by atoms with Gasteiger partial charge in [-0.2, -0.15) is 4.31 Å². The smallest absolute Gasteiger partial charge is 0.342 e. The number of rotatable bonds is 3. The summed E-state index contributed by atoms with van der Waals surface area (Å²) in [6.45, 7) is 3.52. The van der Waals surface area contributed by atoms with Crippen LogP contribution in [-0.4, -0.2) is 44.9 Å². The highest BCUT2D eigenvalue weighted by molar-refractivity contribution is 7.89. The van der Waals surface area contributed by atoms with Crippen molar-refractivity contribution in [3.05, 3.63) is 17.1 Å². The van der Waals surface area contributed by atoms with Gasteiger partial charge in [0.05, 0.1) is 7.11 Å². The SMILES string of the molecule is COC(=O)c1c(C)oc(C)c1S(=O)(=O)N1CC(N)C1. The van der Waals surface area contributed by atoms with Crippen molar-refractivity contribution >= 4 is 16.0 Å². The molecule has 0 atom stereocenters. The molecule has 1 aromatic heterocycles. The second kappa shape index (κ2) is 4.62. The molecule has 0 radical (unpaired) electrons. The molecule has 1 fully saturated rings. The number of nitrogens with zero attached hydrogens (tertiary/aromatic N) is 1. The molecule has 1 aliphatic rings. The molecule has 2 heterocycles. The highest BCUT2D eigenvalue weighted by Crippen LogP contribution is 2.31. The van der Waals surface area contributed by atoms with E-state index in [9.17, 15) is 13.2 Å². The third-order valence-electron chi connectivity index (χ3n) is 3.07. The fourth-order valence-corrected chi connectivity index (χ4v) is 4.03. The van der Waals surface area contributed by atoms with Crippen molar-refractivity contribution in [2.45, 2.75) is 24.8 Å². The molecule has 106 valence electrons. The standard InChI is InChI=1S/C11H16N2O5S/c1-6-9(11(14)17-3)10(7(2)18-6)19(15,16)13-4-8(12)5-13/h8H,4-5,12H2,1-3H3. The van der Waals surface area contributed by atoms with Crippen LogP contribution >= 0.6 is 0 Å². The summed E-state index contributed by atoms with van der Waals surface area (Å²) in [4.78, 5) is 11.6. The summed E-state index contributed by atoms with van der Waals surface area (Å²) in [6.07, 6.45) is 0. The lowest BCUT2D eigenvalue weighted by Crippen LogP contribution is -2.57. The summed E-state index contributed by atoms with van der Waals surface area (Å²) in [5, 5.41) is 0. The highest BCUT2D eigenvalue weighted by Gasteiger charge is 2.40. The van der Waals surface area contributed by atoms with Crippen molar-refractivity contribution in [1.82, 2.24) is 4.31 Å². The number of furan rings is 1. The van der Waals surface area contributed by atoms with E-state index in [2.05, 4.69) is 4.74 Å². The maximum atomic E-state index is 12.4. The number of hydrogen-bond acceptors (Lipinski definition) is 6. The van der Waals surface area contributed by atoms with Crippen molar-refractivity contribution in [2.75, 3.05) is 20.2 Å². The number of nitrogens with two attached hydrogens (primary N) is 1. The number of carbonyl (C=O) groups is 1. The number of hydrogen-bond donors (Lipinski definition) is 1. The Labute approximate surface area is 111 Å². The number of sulfonamides is 1. The van der Waals surface area contributed by atoms with E-state index in [0.29, 0.717) is 0 Å². The van der Waals surface area contributed by atoms with Gasteiger partial charge in [0.15, 0.2) is 0 Å². The van der Waals surface area contributed by atoms with Gasteiger partial charge in [0.25, 0.3) is 0 Å². The Morgan fingerprint density at radius 3 is 2.42 bits per heavy atom. The van der Waals surface area contributed by atoms with E-state index in [1.54, 1.807) is 0 Å². The maximum absolute atomic E-state index is 12.4. The normalized spacial score (nSPS) is 17.3. The minimum absolute atomic E-state index is 0.0412. The van der Waals surface area contributed by atoms with Crippen LogP contribution in [0.1, 0.15) is 21.9 Å². The first kappa shape index (κ1) is 14.0. The molecule has 1 aliphatic heterocycles. The quantitative estimate of drug-likeness (QED) is 0.786. The molecule has 2 N–H and O–H groups in total. The van der Waals surface area contributed by atoms with Gasteiger partial charge in [0.1, 0.15) is 22.0 Å². The second-order valence-electron chi connectivity index (χ2n) is 4.49. The summed E-state index contributed by atoms with van der Waals surface area (Å²) in [5.41, 5.74) is 5.55. The largest absolute Gasteiger partial charge is 0.465 e. The molecule has 19 heavy (non-hydrogen) atoms. The lowest BCUT2D eigenvalue weighted by Gasteiger charge is -2.35. The van der Waals surface area contributed by atoms with E-state index in [4.69, 9.17) is 10.2 Å². The number of carbonyl (C=O) groups excluding carboxylic acids is 1. The van der Waals surface area contributed by atoms with Crippen molar-refractivity contribution in [1.29, 1.82) is 0 Å². The van der Waals surface area contributed by atoms with Gasteiger partial charge in [-0.15, -0.1) is 0 Å². The fourth-order valence-electron chi connectivity index (χ4n) is 2.11. The van der Waals surface area contributed by atoms with E-state index >= 15 is 0 Å². The molecule has 0 spiro atoms. The van der Waals surface area contributed by atoms with Crippen molar-refractivity contribution in [2.24, 2.45) is 5.73 Å². The van der Waals surface area contributed by atoms with Gasteiger partial charge in [-0.05, 0) is 13.8 Å². The summed E-state index contributed by atoms with van der Waals surface area (Å²) in [5.74, 6) is -0.316. The molecule has 0 unspecified atom stereocenters. The average Bonchev–Trinajstić information content (AvgIpc) is 2.59. The van der Waals surface area contributed by atoms with E-state index in [0.717, 1.165) is 0 Å². The Morgan fingerprint density at radius 2 is 1.95 bits per heavy atom. The molecule has 7 nitrogen and oxygen atoms in total. The molecule has 0 aliphatic carbocycles. The van der Waals surface area contributed by atoms with Gasteiger partial charge < -0.3 is 14.9 Å². The number of ether oxygens (including phenoxy) is 1. The van der Waals surface area contributed by atoms with Crippen LogP contribution in [0.2, 0.25) is 0 Å². The van der Waals surface area contributed by atoms with Crippen LogP contribution in [0.25, 0.3) is 0 Å². The Bertz CT molecular complexity index is 613. The van der Waals surface area contributed by atoms with Crippen LogP contribution < -0.4 is 5.73 Å². The Morgan fingerprint density at radius 1 is 1.37 bits per heavy atom. The molecule has 1 aromatic rings. The zero-order valence-electron chi connectivity index (χ0n) is 11.0. The van der Waals surface area contributed by atoms with Gasteiger partial charge in [-0.1, -0.05) is 0 Å². The molecular formula is C11H16N2O5S. The van der Waals surface area contributed by atoms with Crippen molar-refractivity contribution < 1.29 is 22.4 Å². The number of esters is 1. The van der Waals surface area contributed by atoms with E-state index in [1.807, 2.05) is 0 Å². The highest BCUT2D eigenvalue weighted by atomic mass is 32.2. The minimum Gasteiger partial charge on any atom is -0.465 e. The Kier molecular flexibility index (Phi) is 3.41. The summed E-state index contributed by atoms with van der Waals surface area (Å²) >= 11 is 0. The molecule has 1 saturated heterocycles. The molecule has 8 heteroatoms. The topological polar surface area (TPSA) is 103 Å². The van der Waals surface area contributed by atoms with Crippen molar-refractivity contribution in [3.8, 4) is 0 Å². The first-order valence-electron chi connectivity index (χ1n) is 5.73. The predicted octanol–water partition coefficient (Wildman–Crippen LogP) is 0.0146. The summed E-state index contributed by atoms with van der Waals surface area (Å²) in [6, 6.07) is -0.162. The van der Waals surface area contributed by atoms with Gasteiger partial charge in [-0.25, -0.2) is 13.2 Å². The van der Waals surface area contributed by atoms with E-state index in [-0.39, 0.29) is 41.1 Å². The number of methoxy groups -OCH3 is 1. The summed E-state index contributed by atoms with van der Waals surface area (Å²) in [7, 11) is -2.58. The second-order valence-corrected chi connectivity index (χ2v) is 6.37. The van der Waals surface area contributed by atoms with Crippen LogP contribution in [0.4, 0.5) is 0 Å². The monoisotopic (exact) mass is 288 g/mol. The van der Waals surface area contributed by atoms with Crippen LogP contribution in [-0.2, 0) is 14.8 Å². The molecular weight excluding hydrogens is 272 g/mol. The molecule has 0 saturated carbocycles. The fraction of sp³-hybridized carbons (Fsp3) is 0.545. The molecule has 0 bridgehead atoms. The first-order valence-corrected chi connectivity index (χ1v) is 7.17. The molecule has 0 aromatic carbocycles. The average molecular weight is 288 g/mol. The molecule has 0 amide bonds. The summed E-state index contributed by atoms with van der Waals surface area (Å²) < 4.78 is 36.0. The van der Waals surface area contributed by atoms with E-state index in [1.165, 1.54) is 25.3 Å². The third kappa shape index (κ3) is 2.15. The van der Waals surface area contributed by atoms with Crippen LogP contribution in [0, 0.1) is 13.8 Å². The van der Waals surface area contributed by atoms with Gasteiger partial charge in [0.2, 0.25) is 10.0 Å². The molecule has 2 rings (SSSR count). The lowest BCUT2D eigenvalue weighted by atomic mass is 10.2. The van der Waals surface area contributed by atoms with Crippen LogP contribution in [0.5, 0.6) is 0 Å². The maximum Gasteiger partial charge on any atom is 0.342 e. The van der Waals surface area contributed by atoms with Gasteiger partial charge >= 0.3 is 5.97 Å². The lowest BCUT2D eigenvalue weighted by molar-refractivity contribution is 0.0594. The Hall–Kier alpha value is -1.38. The zero-order chi connectivity index (χ0) is 14.4. The van der Waals surface area contributed by atoms with E-state index < -0.39 is 16.0 Å². The van der Waals surface area contributed by atoms with Gasteiger partial charge in [-0.3, -0.25) is 0 Å². The van der Waals surface area contributed by atoms with Crippen LogP contribution in [0.3, 0.4) is 0 Å².